The van der Waals surface area contributed by atoms with Crippen LogP contribution in [0, 0.1) is 0 Å². The number of likely N-dealkylation sites (tertiary alicyclic amines) is 1. The van der Waals surface area contributed by atoms with E-state index < -0.39 is 0 Å². The van der Waals surface area contributed by atoms with Gasteiger partial charge in [0.25, 0.3) is 0 Å². The second-order valence-corrected chi connectivity index (χ2v) is 5.95. The molecule has 0 radical (unpaired) electrons. The number of nitrogens with zero attached hydrogens (tertiary/aromatic N) is 5. The van der Waals surface area contributed by atoms with E-state index in [1.807, 2.05) is 31.4 Å². The van der Waals surface area contributed by atoms with Gasteiger partial charge in [0.05, 0.1) is 13.2 Å². The lowest BCUT2D eigenvalue weighted by Crippen LogP contribution is -2.40. The normalized spacial score (nSPS) is 17.7. The van der Waals surface area contributed by atoms with Crippen molar-refractivity contribution in [1.82, 2.24) is 24.8 Å². The van der Waals surface area contributed by atoms with Gasteiger partial charge in [-0.3, -0.25) is 9.58 Å². The number of methoxy groups -OCH3 is 1. The summed E-state index contributed by atoms with van der Waals surface area (Å²) < 4.78 is 12.4. The molecule has 7 heteroatoms. The minimum absolute atomic E-state index is 0.178. The van der Waals surface area contributed by atoms with Crippen molar-refractivity contribution in [3.8, 4) is 17.3 Å². The Bertz CT molecular complexity index is 824. The Morgan fingerprint density at radius 3 is 2.71 bits per heavy atom. The van der Waals surface area contributed by atoms with Crippen LogP contribution in [0.15, 0.2) is 41.1 Å². The van der Waals surface area contributed by atoms with Crippen LogP contribution in [0.25, 0.3) is 11.5 Å². The Balaban J connectivity index is 1.45. The molecule has 0 bridgehead atoms. The molecule has 1 unspecified atom stereocenters. The molecule has 2 aromatic heterocycles. The zero-order valence-electron chi connectivity index (χ0n) is 13.7. The number of benzene rings is 1. The maximum Gasteiger partial charge on any atom is 0.244 e. The molecule has 124 valence electrons. The van der Waals surface area contributed by atoms with E-state index in [9.17, 15) is 0 Å². The number of aromatic nitrogens is 4. The summed E-state index contributed by atoms with van der Waals surface area (Å²) in [7, 11) is 3.54. The summed E-state index contributed by atoms with van der Waals surface area (Å²) in [6.07, 6.45) is 2.89. The third-order valence-electron chi connectivity index (χ3n) is 4.34. The molecule has 1 fully saturated rings. The van der Waals surface area contributed by atoms with Gasteiger partial charge < -0.3 is 9.26 Å². The van der Waals surface area contributed by atoms with Crippen LogP contribution in [0.5, 0.6) is 5.75 Å². The van der Waals surface area contributed by atoms with Crippen molar-refractivity contribution in [3.63, 3.8) is 0 Å². The molecule has 1 atom stereocenters. The lowest BCUT2D eigenvalue weighted by atomic mass is 10.0. The third kappa shape index (κ3) is 2.78. The number of ether oxygens (including phenoxy) is 1. The van der Waals surface area contributed by atoms with Gasteiger partial charge in [0.1, 0.15) is 11.4 Å². The molecule has 1 aliphatic rings. The fourth-order valence-electron chi connectivity index (χ4n) is 2.88. The fourth-order valence-corrected chi connectivity index (χ4v) is 2.88. The van der Waals surface area contributed by atoms with Crippen LogP contribution in [-0.4, -0.2) is 38.5 Å². The van der Waals surface area contributed by atoms with Crippen LogP contribution in [0.3, 0.4) is 0 Å². The van der Waals surface area contributed by atoms with Crippen molar-refractivity contribution >= 4 is 0 Å². The number of rotatable bonds is 5. The largest absolute Gasteiger partial charge is 0.497 e. The minimum atomic E-state index is 0.178. The fraction of sp³-hybridized carbons (Fsp3) is 0.353. The van der Waals surface area contributed by atoms with Gasteiger partial charge in [0, 0.05) is 26.3 Å². The molecule has 1 saturated heterocycles. The molecule has 0 saturated carbocycles. The molecular formula is C17H19N5O2. The van der Waals surface area contributed by atoms with Gasteiger partial charge in [-0.25, -0.2) is 0 Å². The molecule has 0 N–H and O–H groups in total. The SMILES string of the molecule is COc1ccc(CN2CCC2c2nc(-c3ccn(C)n3)no2)cc1. The van der Waals surface area contributed by atoms with Crippen molar-refractivity contribution in [1.29, 1.82) is 0 Å². The molecular weight excluding hydrogens is 306 g/mol. The van der Waals surface area contributed by atoms with Crippen molar-refractivity contribution in [2.45, 2.75) is 19.0 Å². The van der Waals surface area contributed by atoms with Gasteiger partial charge in [-0.2, -0.15) is 10.1 Å². The number of aryl methyl sites for hydroxylation is 1. The topological polar surface area (TPSA) is 69.2 Å². The van der Waals surface area contributed by atoms with Crippen molar-refractivity contribution < 1.29 is 9.26 Å². The Kier molecular flexibility index (Phi) is 3.78. The summed E-state index contributed by atoms with van der Waals surface area (Å²) in [6.45, 7) is 1.88. The summed E-state index contributed by atoms with van der Waals surface area (Å²) in [4.78, 5) is 6.85. The molecule has 7 nitrogen and oxygen atoms in total. The van der Waals surface area contributed by atoms with Crippen LogP contribution < -0.4 is 4.74 Å². The van der Waals surface area contributed by atoms with E-state index in [-0.39, 0.29) is 6.04 Å². The highest BCUT2D eigenvalue weighted by Gasteiger charge is 2.34. The molecule has 24 heavy (non-hydrogen) atoms. The zero-order chi connectivity index (χ0) is 16.5. The Hall–Kier alpha value is -2.67. The van der Waals surface area contributed by atoms with Crippen LogP contribution >= 0.6 is 0 Å². The quantitative estimate of drug-likeness (QED) is 0.717. The predicted molar refractivity (Wildman–Crippen MR) is 87.3 cm³/mol. The summed E-state index contributed by atoms with van der Waals surface area (Å²) in [6, 6.07) is 10.2. The summed E-state index contributed by atoms with van der Waals surface area (Å²) in [5.41, 5.74) is 1.97. The average molecular weight is 325 g/mol. The standard InChI is InChI=1S/C17H19N5O2/c1-21-9-7-14(19-21)16-18-17(24-20-16)15-8-10-22(15)11-12-3-5-13(23-2)6-4-12/h3-7,9,15H,8,10-11H2,1-2H3. The highest BCUT2D eigenvalue weighted by atomic mass is 16.5. The van der Waals surface area contributed by atoms with Gasteiger partial charge in [0.15, 0.2) is 0 Å². The van der Waals surface area contributed by atoms with E-state index in [2.05, 4.69) is 32.3 Å². The monoisotopic (exact) mass is 325 g/mol. The second-order valence-electron chi connectivity index (χ2n) is 5.95. The Morgan fingerprint density at radius 2 is 2.08 bits per heavy atom. The van der Waals surface area contributed by atoms with Gasteiger partial charge in [0.2, 0.25) is 11.7 Å². The lowest BCUT2D eigenvalue weighted by Gasteiger charge is -2.38. The van der Waals surface area contributed by atoms with E-state index in [0.717, 1.165) is 31.0 Å². The van der Waals surface area contributed by atoms with Crippen LogP contribution in [0.4, 0.5) is 0 Å². The van der Waals surface area contributed by atoms with Crippen LogP contribution in [0.2, 0.25) is 0 Å². The highest BCUT2D eigenvalue weighted by Crippen LogP contribution is 2.34. The van der Waals surface area contributed by atoms with Crippen LogP contribution in [-0.2, 0) is 13.6 Å². The van der Waals surface area contributed by atoms with Crippen LogP contribution in [0.1, 0.15) is 23.9 Å². The smallest absolute Gasteiger partial charge is 0.244 e. The third-order valence-corrected chi connectivity index (χ3v) is 4.34. The molecule has 4 rings (SSSR count). The number of hydrogen-bond acceptors (Lipinski definition) is 6. The van der Waals surface area contributed by atoms with Gasteiger partial charge in [-0.05, 0) is 30.2 Å². The van der Waals surface area contributed by atoms with E-state index in [0.29, 0.717) is 11.7 Å². The summed E-state index contributed by atoms with van der Waals surface area (Å²) >= 11 is 0. The van der Waals surface area contributed by atoms with Gasteiger partial charge in [-0.1, -0.05) is 17.3 Å². The van der Waals surface area contributed by atoms with Crippen molar-refractivity contribution in [3.05, 3.63) is 48.0 Å². The van der Waals surface area contributed by atoms with E-state index in [1.54, 1.807) is 11.8 Å². The van der Waals surface area contributed by atoms with E-state index in [4.69, 9.17) is 9.26 Å². The maximum absolute atomic E-state index is 5.46. The zero-order valence-corrected chi connectivity index (χ0v) is 13.7. The molecule has 3 aromatic rings. The Labute approximate surface area is 139 Å². The first kappa shape index (κ1) is 14.9. The van der Waals surface area contributed by atoms with Gasteiger partial charge >= 0.3 is 0 Å². The first-order valence-corrected chi connectivity index (χ1v) is 7.93. The van der Waals surface area contributed by atoms with E-state index >= 15 is 0 Å². The Morgan fingerprint density at radius 1 is 1.25 bits per heavy atom. The average Bonchev–Trinajstić information content (AvgIpc) is 3.21. The molecule has 0 amide bonds. The van der Waals surface area contributed by atoms with Crippen molar-refractivity contribution in [2.24, 2.45) is 7.05 Å². The molecule has 1 aromatic carbocycles. The predicted octanol–water partition coefficient (Wildman–Crippen LogP) is 2.43. The minimum Gasteiger partial charge on any atom is -0.497 e. The van der Waals surface area contributed by atoms with E-state index in [1.165, 1.54) is 5.56 Å². The first-order valence-electron chi connectivity index (χ1n) is 7.93. The summed E-state index contributed by atoms with van der Waals surface area (Å²) in [5, 5.41) is 8.37. The molecule has 0 aliphatic carbocycles. The second kappa shape index (κ2) is 6.09. The molecule has 0 spiro atoms. The maximum atomic E-state index is 5.46. The molecule has 3 heterocycles. The molecule has 1 aliphatic heterocycles. The lowest BCUT2D eigenvalue weighted by molar-refractivity contribution is 0.0561. The summed E-state index contributed by atoms with van der Waals surface area (Å²) in [5.74, 6) is 2.08. The number of hydrogen-bond donors (Lipinski definition) is 0. The van der Waals surface area contributed by atoms with Crippen molar-refractivity contribution in [2.75, 3.05) is 13.7 Å². The highest BCUT2D eigenvalue weighted by molar-refractivity contribution is 5.46. The first-order chi connectivity index (χ1) is 11.7. The van der Waals surface area contributed by atoms with Gasteiger partial charge in [-0.15, -0.1) is 0 Å².